The van der Waals surface area contributed by atoms with Crippen molar-refractivity contribution in [2.24, 2.45) is 5.92 Å². The van der Waals surface area contributed by atoms with Crippen LogP contribution in [0, 0.1) is 19.8 Å². The summed E-state index contributed by atoms with van der Waals surface area (Å²) in [4.78, 5) is 29.4. The van der Waals surface area contributed by atoms with Crippen LogP contribution in [0.25, 0.3) is 0 Å². The quantitative estimate of drug-likeness (QED) is 0.717. The minimum Gasteiger partial charge on any atom is -0.493 e. The lowest BCUT2D eigenvalue weighted by Crippen LogP contribution is -2.41. The van der Waals surface area contributed by atoms with Crippen LogP contribution < -0.4 is 4.74 Å². The van der Waals surface area contributed by atoms with Gasteiger partial charge in [0.25, 0.3) is 11.8 Å². The first-order valence-electron chi connectivity index (χ1n) is 11.4. The summed E-state index contributed by atoms with van der Waals surface area (Å²) in [6.07, 6.45) is 4.24. The third kappa shape index (κ3) is 5.09. The van der Waals surface area contributed by atoms with Crippen molar-refractivity contribution in [3.63, 3.8) is 0 Å². The number of carbonyl (C=O) groups is 2. The molecule has 0 bridgehead atoms. The van der Waals surface area contributed by atoms with Crippen LogP contribution in [0.1, 0.15) is 57.5 Å². The third-order valence-corrected chi connectivity index (χ3v) is 6.41. The van der Waals surface area contributed by atoms with E-state index < -0.39 is 0 Å². The van der Waals surface area contributed by atoms with E-state index in [1.165, 1.54) is 0 Å². The van der Waals surface area contributed by atoms with E-state index in [1.807, 2.05) is 66.1 Å². The van der Waals surface area contributed by atoms with E-state index in [0.717, 1.165) is 79.9 Å². The average molecular weight is 421 g/mol. The fraction of sp³-hybridized carbons (Fsp3) is 0.462. The standard InChI is InChI=1S/C26H32N2O3/c1-19-7-8-20(2)24(16-19)26(30)28-15-5-6-21(17-28)18-31-23-11-9-22(10-12-23)25(29)27-13-3-4-14-27/h7-12,16,21H,3-6,13-15,17-18H2,1-2H3/t21-/m1/s1. The molecule has 4 rings (SSSR count). The summed E-state index contributed by atoms with van der Waals surface area (Å²) >= 11 is 0. The Morgan fingerprint density at radius 3 is 2.35 bits per heavy atom. The maximum absolute atomic E-state index is 13.1. The Hall–Kier alpha value is -2.82. The van der Waals surface area contributed by atoms with Crippen molar-refractivity contribution in [2.75, 3.05) is 32.8 Å². The minimum atomic E-state index is 0.108. The Kier molecular flexibility index (Phi) is 6.59. The number of carbonyl (C=O) groups excluding carboxylic acids is 2. The van der Waals surface area contributed by atoms with Gasteiger partial charge in [0.2, 0.25) is 0 Å². The molecule has 2 aliphatic heterocycles. The molecule has 5 nitrogen and oxygen atoms in total. The Morgan fingerprint density at radius 2 is 1.61 bits per heavy atom. The van der Waals surface area contributed by atoms with Gasteiger partial charge in [-0.25, -0.2) is 0 Å². The predicted molar refractivity (Wildman–Crippen MR) is 122 cm³/mol. The fourth-order valence-corrected chi connectivity index (χ4v) is 4.53. The molecule has 164 valence electrons. The highest BCUT2D eigenvalue weighted by molar-refractivity contribution is 5.96. The molecule has 5 heteroatoms. The predicted octanol–water partition coefficient (Wildman–Crippen LogP) is 4.47. The van der Waals surface area contributed by atoms with Crippen molar-refractivity contribution in [3.8, 4) is 5.75 Å². The van der Waals surface area contributed by atoms with Crippen LogP contribution in [0.5, 0.6) is 5.75 Å². The molecule has 0 aliphatic carbocycles. The fourth-order valence-electron chi connectivity index (χ4n) is 4.53. The van der Waals surface area contributed by atoms with Crippen LogP contribution in [0.4, 0.5) is 0 Å². The van der Waals surface area contributed by atoms with Crippen LogP contribution >= 0.6 is 0 Å². The molecule has 0 spiro atoms. The van der Waals surface area contributed by atoms with E-state index in [-0.39, 0.29) is 11.8 Å². The van der Waals surface area contributed by atoms with Gasteiger partial charge in [0.1, 0.15) is 5.75 Å². The number of nitrogens with zero attached hydrogens (tertiary/aromatic N) is 2. The first-order chi connectivity index (χ1) is 15.0. The van der Waals surface area contributed by atoms with Crippen LogP contribution in [0.15, 0.2) is 42.5 Å². The molecule has 2 aromatic carbocycles. The number of likely N-dealkylation sites (tertiary alicyclic amines) is 2. The van der Waals surface area contributed by atoms with E-state index in [4.69, 9.17) is 4.74 Å². The summed E-state index contributed by atoms with van der Waals surface area (Å²) in [7, 11) is 0. The largest absolute Gasteiger partial charge is 0.493 e. The van der Waals surface area contributed by atoms with Crippen molar-refractivity contribution in [1.82, 2.24) is 9.80 Å². The number of benzene rings is 2. The molecule has 31 heavy (non-hydrogen) atoms. The van der Waals surface area contributed by atoms with Crippen LogP contribution in [0.2, 0.25) is 0 Å². The highest BCUT2D eigenvalue weighted by Crippen LogP contribution is 2.23. The van der Waals surface area contributed by atoms with Crippen LogP contribution in [-0.4, -0.2) is 54.4 Å². The Labute approximate surface area is 185 Å². The van der Waals surface area contributed by atoms with Crippen molar-refractivity contribution < 1.29 is 14.3 Å². The number of hydrogen-bond acceptors (Lipinski definition) is 3. The van der Waals surface area contributed by atoms with Crippen molar-refractivity contribution in [2.45, 2.75) is 39.5 Å². The summed E-state index contributed by atoms with van der Waals surface area (Å²) in [6.45, 7) is 7.83. The van der Waals surface area contributed by atoms with Gasteiger partial charge >= 0.3 is 0 Å². The lowest BCUT2D eigenvalue weighted by Gasteiger charge is -2.33. The van der Waals surface area contributed by atoms with Gasteiger partial charge in [0.15, 0.2) is 0 Å². The zero-order chi connectivity index (χ0) is 21.8. The zero-order valence-electron chi connectivity index (χ0n) is 18.6. The minimum absolute atomic E-state index is 0.108. The van der Waals surface area contributed by atoms with Gasteiger partial charge in [-0.1, -0.05) is 17.7 Å². The molecule has 0 N–H and O–H groups in total. The van der Waals surface area contributed by atoms with Crippen molar-refractivity contribution in [3.05, 3.63) is 64.7 Å². The van der Waals surface area contributed by atoms with Gasteiger partial charge in [0, 0.05) is 43.2 Å². The summed E-state index contributed by atoms with van der Waals surface area (Å²) in [6, 6.07) is 13.5. The number of aryl methyl sites for hydroxylation is 2. The van der Waals surface area contributed by atoms with E-state index in [1.54, 1.807) is 0 Å². The second-order valence-corrected chi connectivity index (χ2v) is 8.91. The summed E-state index contributed by atoms with van der Waals surface area (Å²) in [5.74, 6) is 1.32. The lowest BCUT2D eigenvalue weighted by atomic mass is 9.97. The Balaban J connectivity index is 1.32. The molecule has 2 amide bonds. The zero-order valence-corrected chi connectivity index (χ0v) is 18.6. The average Bonchev–Trinajstić information content (AvgIpc) is 3.34. The van der Waals surface area contributed by atoms with Crippen LogP contribution in [0.3, 0.4) is 0 Å². The van der Waals surface area contributed by atoms with Gasteiger partial charge in [-0.2, -0.15) is 0 Å². The molecule has 1 atom stereocenters. The Morgan fingerprint density at radius 1 is 0.903 bits per heavy atom. The number of ether oxygens (including phenoxy) is 1. The molecule has 0 saturated carbocycles. The molecule has 2 saturated heterocycles. The van der Waals surface area contributed by atoms with Crippen LogP contribution in [-0.2, 0) is 0 Å². The van der Waals surface area contributed by atoms with E-state index in [9.17, 15) is 9.59 Å². The first kappa shape index (κ1) is 21.4. The van der Waals surface area contributed by atoms with Gasteiger partial charge in [-0.3, -0.25) is 9.59 Å². The third-order valence-electron chi connectivity index (χ3n) is 6.41. The second kappa shape index (κ2) is 9.54. The number of rotatable bonds is 5. The van der Waals surface area contributed by atoms with Crippen molar-refractivity contribution >= 4 is 11.8 Å². The number of piperidine rings is 1. The van der Waals surface area contributed by atoms with Gasteiger partial charge in [-0.05, 0) is 75.4 Å². The summed E-state index contributed by atoms with van der Waals surface area (Å²) < 4.78 is 6.02. The SMILES string of the molecule is Cc1ccc(C)c(C(=O)N2CCC[C@@H](COc3ccc(C(=O)N4CCCC4)cc3)C2)c1. The smallest absolute Gasteiger partial charge is 0.254 e. The van der Waals surface area contributed by atoms with Crippen molar-refractivity contribution in [1.29, 1.82) is 0 Å². The normalized spacial score (nSPS) is 18.8. The molecular formula is C26H32N2O3. The van der Waals surface area contributed by atoms with E-state index >= 15 is 0 Å². The van der Waals surface area contributed by atoms with E-state index in [2.05, 4.69) is 0 Å². The highest BCUT2D eigenvalue weighted by Gasteiger charge is 2.26. The monoisotopic (exact) mass is 420 g/mol. The maximum atomic E-state index is 13.1. The molecule has 2 aromatic rings. The lowest BCUT2D eigenvalue weighted by molar-refractivity contribution is 0.0632. The molecular weight excluding hydrogens is 388 g/mol. The van der Waals surface area contributed by atoms with Gasteiger partial charge in [0.05, 0.1) is 6.61 Å². The molecule has 2 heterocycles. The Bertz CT molecular complexity index is 932. The summed E-state index contributed by atoms with van der Waals surface area (Å²) in [5.41, 5.74) is 3.66. The highest BCUT2D eigenvalue weighted by atomic mass is 16.5. The first-order valence-corrected chi connectivity index (χ1v) is 11.4. The number of amides is 2. The maximum Gasteiger partial charge on any atom is 0.254 e. The van der Waals surface area contributed by atoms with Gasteiger partial charge < -0.3 is 14.5 Å². The molecule has 2 aliphatic rings. The molecule has 0 unspecified atom stereocenters. The molecule has 0 radical (unpaired) electrons. The van der Waals surface area contributed by atoms with Gasteiger partial charge in [-0.15, -0.1) is 0 Å². The second-order valence-electron chi connectivity index (χ2n) is 8.91. The molecule has 2 fully saturated rings. The summed E-state index contributed by atoms with van der Waals surface area (Å²) in [5, 5.41) is 0. The number of hydrogen-bond donors (Lipinski definition) is 0. The van der Waals surface area contributed by atoms with E-state index in [0.29, 0.717) is 12.5 Å². The topological polar surface area (TPSA) is 49.9 Å². The molecule has 0 aromatic heterocycles.